The summed E-state index contributed by atoms with van der Waals surface area (Å²) in [4.78, 5) is 0. The third-order valence-electron chi connectivity index (χ3n) is 2.34. The minimum Gasteiger partial charge on any atom is -0.491 e. The van der Waals surface area contributed by atoms with Crippen LogP contribution in [-0.4, -0.2) is 19.8 Å². The summed E-state index contributed by atoms with van der Waals surface area (Å²) in [5.41, 5.74) is -0.193. The van der Waals surface area contributed by atoms with Crippen LogP contribution in [0, 0.1) is 0 Å². The van der Waals surface area contributed by atoms with E-state index in [1.807, 2.05) is 6.92 Å². The molecule has 1 aromatic carbocycles. The summed E-state index contributed by atoms with van der Waals surface area (Å²) in [5.74, 6) is -0.155. The first kappa shape index (κ1) is 16.3. The highest BCUT2D eigenvalue weighted by Crippen LogP contribution is 2.37. The van der Waals surface area contributed by atoms with Crippen LogP contribution < -0.4 is 4.74 Å². The number of hydrogen-bond donors (Lipinski definition) is 0. The molecule has 0 fully saturated rings. The first-order valence-corrected chi connectivity index (χ1v) is 7.07. The second-order valence-corrected chi connectivity index (χ2v) is 4.48. The Morgan fingerprint density at radius 3 is 2.47 bits per heavy atom. The molecule has 0 amide bonds. The van der Waals surface area contributed by atoms with Crippen LogP contribution in [0.4, 0.5) is 13.2 Å². The molecule has 1 rings (SSSR count). The van der Waals surface area contributed by atoms with Crippen molar-refractivity contribution in [3.05, 3.63) is 29.3 Å². The molecule has 1 aromatic rings. The molecule has 0 saturated carbocycles. The van der Waals surface area contributed by atoms with Gasteiger partial charge < -0.3 is 9.47 Å². The Kier molecular flexibility index (Phi) is 6.65. The number of alkyl halides is 4. The van der Waals surface area contributed by atoms with Gasteiger partial charge in [-0.05, 0) is 24.1 Å². The highest BCUT2D eigenvalue weighted by Gasteiger charge is 2.34. The molecular formula is C13H16BrF3O2. The summed E-state index contributed by atoms with van der Waals surface area (Å²) in [6, 6.07) is 4.04. The fraction of sp³-hybridized carbons (Fsp3) is 0.538. The van der Waals surface area contributed by atoms with Crippen molar-refractivity contribution in [3.8, 4) is 5.75 Å². The minimum atomic E-state index is -4.42. The van der Waals surface area contributed by atoms with Crippen molar-refractivity contribution in [2.24, 2.45) is 0 Å². The summed E-state index contributed by atoms with van der Waals surface area (Å²) in [6.07, 6.45) is -3.55. The monoisotopic (exact) mass is 340 g/mol. The predicted molar refractivity (Wildman–Crippen MR) is 70.7 cm³/mol. The third-order valence-corrected chi connectivity index (χ3v) is 2.98. The van der Waals surface area contributed by atoms with E-state index >= 15 is 0 Å². The summed E-state index contributed by atoms with van der Waals surface area (Å²) in [7, 11) is 0. The zero-order valence-electron chi connectivity index (χ0n) is 10.6. The van der Waals surface area contributed by atoms with Crippen molar-refractivity contribution in [2.75, 3.05) is 19.8 Å². The van der Waals surface area contributed by atoms with Crippen molar-refractivity contribution >= 4 is 15.9 Å². The molecule has 0 saturated heterocycles. The molecule has 0 unspecified atom stereocenters. The lowest BCUT2D eigenvalue weighted by molar-refractivity contribution is -0.139. The van der Waals surface area contributed by atoms with Gasteiger partial charge in [-0.3, -0.25) is 0 Å². The third kappa shape index (κ3) is 5.40. The van der Waals surface area contributed by atoms with E-state index in [1.165, 1.54) is 6.07 Å². The Hall–Kier alpha value is -0.750. The maximum atomic E-state index is 12.9. The molecular weight excluding hydrogens is 325 g/mol. The zero-order chi connectivity index (χ0) is 14.3. The average Bonchev–Trinajstić information content (AvgIpc) is 2.37. The Labute approximate surface area is 119 Å². The highest BCUT2D eigenvalue weighted by atomic mass is 79.9. The average molecular weight is 341 g/mol. The molecule has 0 aliphatic carbocycles. The topological polar surface area (TPSA) is 18.5 Å². The molecule has 0 aliphatic heterocycles. The van der Waals surface area contributed by atoms with Gasteiger partial charge in [-0.25, -0.2) is 0 Å². The smallest absolute Gasteiger partial charge is 0.419 e. The standard InChI is InChI=1S/C13H16BrF3O2/c1-2-5-18-6-7-19-12-4-3-10(9-14)8-11(12)13(15,16)17/h3-4,8H,2,5-7,9H2,1H3. The number of rotatable bonds is 7. The first-order valence-electron chi connectivity index (χ1n) is 5.95. The largest absolute Gasteiger partial charge is 0.491 e. The predicted octanol–water partition coefficient (Wildman–Crippen LogP) is 4.41. The maximum absolute atomic E-state index is 12.9. The number of ether oxygens (including phenoxy) is 2. The van der Waals surface area contributed by atoms with Gasteiger partial charge in [0.2, 0.25) is 0 Å². The van der Waals surface area contributed by atoms with Crippen molar-refractivity contribution in [1.29, 1.82) is 0 Å². The van der Waals surface area contributed by atoms with Gasteiger partial charge in [0.05, 0.1) is 12.2 Å². The van der Waals surface area contributed by atoms with E-state index in [1.54, 1.807) is 6.07 Å². The van der Waals surface area contributed by atoms with Crippen LogP contribution >= 0.6 is 15.9 Å². The van der Waals surface area contributed by atoms with Crippen LogP contribution in [0.15, 0.2) is 18.2 Å². The highest BCUT2D eigenvalue weighted by molar-refractivity contribution is 9.08. The Morgan fingerprint density at radius 2 is 1.89 bits per heavy atom. The number of benzene rings is 1. The maximum Gasteiger partial charge on any atom is 0.419 e. The van der Waals surface area contributed by atoms with E-state index in [-0.39, 0.29) is 19.0 Å². The molecule has 108 valence electrons. The van der Waals surface area contributed by atoms with Crippen LogP contribution in [0.25, 0.3) is 0 Å². The summed E-state index contributed by atoms with van der Waals surface area (Å²) >= 11 is 3.14. The Morgan fingerprint density at radius 1 is 1.16 bits per heavy atom. The van der Waals surface area contributed by atoms with Crippen molar-refractivity contribution in [2.45, 2.75) is 24.9 Å². The van der Waals surface area contributed by atoms with E-state index in [0.29, 0.717) is 17.5 Å². The summed E-state index contributed by atoms with van der Waals surface area (Å²) < 4.78 is 48.9. The molecule has 6 heteroatoms. The van der Waals surface area contributed by atoms with Gasteiger partial charge in [-0.1, -0.05) is 28.9 Å². The Balaban J connectivity index is 2.71. The van der Waals surface area contributed by atoms with Crippen molar-refractivity contribution in [3.63, 3.8) is 0 Å². The van der Waals surface area contributed by atoms with Gasteiger partial charge in [0, 0.05) is 11.9 Å². The van der Waals surface area contributed by atoms with Crippen LogP contribution in [0.2, 0.25) is 0 Å². The van der Waals surface area contributed by atoms with Crippen LogP contribution in [0.5, 0.6) is 5.75 Å². The van der Waals surface area contributed by atoms with Crippen LogP contribution in [0.3, 0.4) is 0 Å². The SMILES string of the molecule is CCCOCCOc1ccc(CBr)cc1C(F)(F)F. The fourth-order valence-corrected chi connectivity index (χ4v) is 1.81. The van der Waals surface area contributed by atoms with Crippen LogP contribution in [0.1, 0.15) is 24.5 Å². The molecule has 2 nitrogen and oxygen atoms in total. The molecule has 0 atom stereocenters. The lowest BCUT2D eigenvalue weighted by atomic mass is 10.1. The molecule has 0 aliphatic rings. The van der Waals surface area contributed by atoms with E-state index in [0.717, 1.165) is 12.5 Å². The zero-order valence-corrected chi connectivity index (χ0v) is 12.2. The number of halogens is 4. The van der Waals surface area contributed by atoms with Gasteiger partial charge >= 0.3 is 6.18 Å². The molecule has 19 heavy (non-hydrogen) atoms. The second-order valence-electron chi connectivity index (χ2n) is 3.92. The van der Waals surface area contributed by atoms with Crippen molar-refractivity contribution in [1.82, 2.24) is 0 Å². The first-order chi connectivity index (χ1) is 8.99. The van der Waals surface area contributed by atoms with E-state index in [9.17, 15) is 13.2 Å². The molecule has 0 bridgehead atoms. The lowest BCUT2D eigenvalue weighted by Crippen LogP contribution is -2.12. The summed E-state index contributed by atoms with van der Waals surface area (Å²) in [5, 5.41) is 0.371. The fourth-order valence-electron chi connectivity index (χ4n) is 1.46. The molecule has 0 aromatic heterocycles. The second kappa shape index (κ2) is 7.75. The van der Waals surface area contributed by atoms with E-state index in [4.69, 9.17) is 9.47 Å². The number of hydrogen-bond acceptors (Lipinski definition) is 2. The molecule has 0 radical (unpaired) electrons. The van der Waals surface area contributed by atoms with Crippen molar-refractivity contribution < 1.29 is 22.6 Å². The van der Waals surface area contributed by atoms with Gasteiger partial charge in [-0.15, -0.1) is 0 Å². The molecule has 0 heterocycles. The Bertz CT molecular complexity index is 394. The van der Waals surface area contributed by atoms with Gasteiger partial charge in [0.1, 0.15) is 12.4 Å². The van der Waals surface area contributed by atoms with Gasteiger partial charge in [0.15, 0.2) is 0 Å². The van der Waals surface area contributed by atoms with E-state index in [2.05, 4.69) is 15.9 Å². The normalized spacial score (nSPS) is 11.6. The lowest BCUT2D eigenvalue weighted by Gasteiger charge is -2.15. The summed E-state index contributed by atoms with van der Waals surface area (Å²) in [6.45, 7) is 2.93. The minimum absolute atomic E-state index is 0.108. The van der Waals surface area contributed by atoms with Gasteiger partial charge in [0.25, 0.3) is 0 Å². The van der Waals surface area contributed by atoms with Crippen LogP contribution in [-0.2, 0) is 16.2 Å². The quantitative estimate of drug-likeness (QED) is 0.540. The van der Waals surface area contributed by atoms with E-state index < -0.39 is 11.7 Å². The molecule has 0 N–H and O–H groups in total. The molecule has 0 spiro atoms. The van der Waals surface area contributed by atoms with Gasteiger partial charge in [-0.2, -0.15) is 13.2 Å².